The van der Waals surface area contributed by atoms with Gasteiger partial charge in [-0.1, -0.05) is 19.1 Å². The van der Waals surface area contributed by atoms with Crippen LogP contribution < -0.4 is 10.1 Å². The van der Waals surface area contributed by atoms with E-state index in [1.54, 1.807) is 19.1 Å². The first kappa shape index (κ1) is 16.2. The van der Waals surface area contributed by atoms with Crippen molar-refractivity contribution in [3.63, 3.8) is 0 Å². The zero-order chi connectivity index (χ0) is 15.3. The predicted octanol–water partition coefficient (Wildman–Crippen LogP) is 2.88. The summed E-state index contributed by atoms with van der Waals surface area (Å²) in [6, 6.07) is 5.32. The summed E-state index contributed by atoms with van der Waals surface area (Å²) < 4.78 is 5.68. The van der Waals surface area contributed by atoms with Crippen LogP contribution in [0.3, 0.4) is 0 Å². The molecule has 1 amide bonds. The van der Waals surface area contributed by atoms with Crippen LogP contribution in [0.1, 0.15) is 50.0 Å². The third-order valence-corrected chi connectivity index (χ3v) is 3.38. The van der Waals surface area contributed by atoms with Gasteiger partial charge < -0.3 is 10.1 Å². The minimum atomic E-state index is -0.652. The first-order chi connectivity index (χ1) is 9.30. The zero-order valence-electron chi connectivity index (χ0n) is 12.8. The van der Waals surface area contributed by atoms with Crippen LogP contribution in [0.4, 0.5) is 0 Å². The Bertz CT molecular complexity index is 494. The lowest BCUT2D eigenvalue weighted by atomic mass is 10.0. The van der Waals surface area contributed by atoms with Crippen molar-refractivity contribution in [2.75, 3.05) is 0 Å². The van der Waals surface area contributed by atoms with Crippen LogP contribution in [-0.4, -0.2) is 23.8 Å². The van der Waals surface area contributed by atoms with E-state index in [4.69, 9.17) is 4.74 Å². The van der Waals surface area contributed by atoms with E-state index in [-0.39, 0.29) is 11.4 Å². The highest BCUT2D eigenvalue weighted by Crippen LogP contribution is 2.23. The molecule has 0 aliphatic carbocycles. The van der Waals surface area contributed by atoms with Gasteiger partial charge in [0, 0.05) is 5.54 Å². The first-order valence-corrected chi connectivity index (χ1v) is 6.84. The lowest BCUT2D eigenvalue weighted by Crippen LogP contribution is -2.48. The molecule has 1 unspecified atom stereocenters. The lowest BCUT2D eigenvalue weighted by molar-refractivity contribution is -0.129. The number of aryl methyl sites for hydroxylation is 1. The Morgan fingerprint density at radius 1 is 1.45 bits per heavy atom. The summed E-state index contributed by atoms with van der Waals surface area (Å²) in [5.74, 6) is 0.288. The fourth-order valence-corrected chi connectivity index (χ4v) is 1.68. The second-order valence-corrected chi connectivity index (χ2v) is 5.60. The number of nitrogens with one attached hydrogen (secondary N) is 1. The molecule has 1 atom stereocenters. The van der Waals surface area contributed by atoms with Crippen LogP contribution in [0.5, 0.6) is 5.75 Å². The molecule has 0 aliphatic rings. The Kier molecular flexibility index (Phi) is 5.31. The largest absolute Gasteiger partial charge is 0.480 e. The first-order valence-electron chi connectivity index (χ1n) is 6.84. The molecule has 110 valence electrons. The average molecular weight is 277 g/mol. The second-order valence-electron chi connectivity index (χ2n) is 5.60. The maximum absolute atomic E-state index is 12.1. The molecule has 0 fully saturated rings. The molecule has 0 bridgehead atoms. The molecule has 0 aromatic heterocycles. The van der Waals surface area contributed by atoms with E-state index in [0.717, 1.165) is 18.3 Å². The Hall–Kier alpha value is -1.84. The number of ether oxygens (including phenoxy) is 1. The van der Waals surface area contributed by atoms with E-state index in [0.29, 0.717) is 11.3 Å². The highest BCUT2D eigenvalue weighted by atomic mass is 16.5. The van der Waals surface area contributed by atoms with Crippen LogP contribution in [0.25, 0.3) is 0 Å². The van der Waals surface area contributed by atoms with E-state index in [9.17, 15) is 9.59 Å². The van der Waals surface area contributed by atoms with E-state index in [1.807, 2.05) is 33.8 Å². The minimum Gasteiger partial charge on any atom is -0.480 e. The van der Waals surface area contributed by atoms with Crippen LogP contribution in [0.2, 0.25) is 0 Å². The SMILES string of the molecule is CCC(C)(C)NC(=O)C(C)Oc1c(C)cccc1C=O. The van der Waals surface area contributed by atoms with Crippen molar-refractivity contribution in [1.29, 1.82) is 0 Å². The van der Waals surface area contributed by atoms with Crippen molar-refractivity contribution in [2.24, 2.45) is 0 Å². The van der Waals surface area contributed by atoms with E-state index < -0.39 is 6.10 Å². The number of carbonyl (C=O) groups excluding carboxylic acids is 2. The topological polar surface area (TPSA) is 55.4 Å². The number of benzene rings is 1. The maximum atomic E-state index is 12.1. The monoisotopic (exact) mass is 277 g/mol. The number of amides is 1. The molecule has 4 nitrogen and oxygen atoms in total. The van der Waals surface area contributed by atoms with Gasteiger partial charge in [-0.15, -0.1) is 0 Å². The molecular formula is C16H23NO3. The normalized spacial score (nSPS) is 12.7. The summed E-state index contributed by atoms with van der Waals surface area (Å²) in [6.45, 7) is 9.47. The molecule has 20 heavy (non-hydrogen) atoms. The highest BCUT2D eigenvalue weighted by molar-refractivity contribution is 5.83. The minimum absolute atomic E-state index is 0.183. The summed E-state index contributed by atoms with van der Waals surface area (Å²) in [4.78, 5) is 23.1. The molecule has 0 radical (unpaired) electrons. The fraction of sp³-hybridized carbons (Fsp3) is 0.500. The van der Waals surface area contributed by atoms with E-state index in [2.05, 4.69) is 5.32 Å². The molecule has 4 heteroatoms. The van der Waals surface area contributed by atoms with Gasteiger partial charge in [-0.05, 0) is 45.7 Å². The molecule has 1 aromatic carbocycles. The molecule has 0 saturated carbocycles. The molecule has 0 heterocycles. The molecule has 1 aromatic rings. The van der Waals surface area contributed by atoms with Gasteiger partial charge in [-0.2, -0.15) is 0 Å². The summed E-state index contributed by atoms with van der Waals surface area (Å²) in [5, 5.41) is 2.93. The number of hydrogen-bond acceptors (Lipinski definition) is 3. The highest BCUT2D eigenvalue weighted by Gasteiger charge is 2.23. The number of hydrogen-bond donors (Lipinski definition) is 1. The molecule has 0 saturated heterocycles. The van der Waals surface area contributed by atoms with Gasteiger partial charge in [-0.25, -0.2) is 0 Å². The maximum Gasteiger partial charge on any atom is 0.261 e. The third kappa shape index (κ3) is 4.08. The van der Waals surface area contributed by atoms with Crippen LogP contribution in [-0.2, 0) is 4.79 Å². The summed E-state index contributed by atoms with van der Waals surface area (Å²) >= 11 is 0. The number of para-hydroxylation sites is 1. The van der Waals surface area contributed by atoms with E-state index in [1.165, 1.54) is 0 Å². The third-order valence-electron chi connectivity index (χ3n) is 3.38. The Labute approximate surface area is 120 Å². The fourth-order valence-electron chi connectivity index (χ4n) is 1.68. The van der Waals surface area contributed by atoms with Crippen LogP contribution >= 0.6 is 0 Å². The van der Waals surface area contributed by atoms with E-state index >= 15 is 0 Å². The van der Waals surface area contributed by atoms with Gasteiger partial charge in [0.15, 0.2) is 12.4 Å². The summed E-state index contributed by atoms with van der Waals surface area (Å²) in [5.41, 5.74) is 1.02. The summed E-state index contributed by atoms with van der Waals surface area (Å²) in [7, 11) is 0. The molecular weight excluding hydrogens is 254 g/mol. The van der Waals surface area contributed by atoms with Crippen molar-refractivity contribution in [2.45, 2.75) is 52.7 Å². The predicted molar refractivity (Wildman–Crippen MR) is 79.2 cm³/mol. The number of aldehydes is 1. The van der Waals surface area contributed by atoms with Crippen LogP contribution in [0.15, 0.2) is 18.2 Å². The number of carbonyl (C=O) groups is 2. The molecule has 1 rings (SSSR count). The smallest absolute Gasteiger partial charge is 0.261 e. The zero-order valence-corrected chi connectivity index (χ0v) is 12.8. The van der Waals surface area contributed by atoms with Crippen molar-refractivity contribution >= 4 is 12.2 Å². The van der Waals surface area contributed by atoms with Gasteiger partial charge >= 0.3 is 0 Å². The quantitative estimate of drug-likeness (QED) is 0.813. The standard InChI is InChI=1S/C16H23NO3/c1-6-16(4,5)17-15(19)12(3)20-14-11(2)8-7-9-13(14)10-18/h7-10,12H,6H2,1-5H3,(H,17,19). The lowest BCUT2D eigenvalue weighted by Gasteiger charge is -2.27. The summed E-state index contributed by atoms with van der Waals surface area (Å²) in [6.07, 6.45) is 0.916. The Morgan fingerprint density at radius 3 is 2.65 bits per heavy atom. The van der Waals surface area contributed by atoms with Crippen molar-refractivity contribution in [3.8, 4) is 5.75 Å². The van der Waals surface area contributed by atoms with Gasteiger partial charge in [-0.3, -0.25) is 9.59 Å². The van der Waals surface area contributed by atoms with Gasteiger partial charge in [0.25, 0.3) is 5.91 Å². The van der Waals surface area contributed by atoms with Gasteiger partial charge in [0.05, 0.1) is 5.56 Å². The van der Waals surface area contributed by atoms with Crippen molar-refractivity contribution in [1.82, 2.24) is 5.32 Å². The number of rotatable bonds is 6. The molecule has 1 N–H and O–H groups in total. The second kappa shape index (κ2) is 6.55. The van der Waals surface area contributed by atoms with Crippen molar-refractivity contribution in [3.05, 3.63) is 29.3 Å². The molecule has 0 spiro atoms. The van der Waals surface area contributed by atoms with Gasteiger partial charge in [0.2, 0.25) is 0 Å². The van der Waals surface area contributed by atoms with Gasteiger partial charge in [0.1, 0.15) is 5.75 Å². The Morgan fingerprint density at radius 2 is 2.10 bits per heavy atom. The van der Waals surface area contributed by atoms with Crippen molar-refractivity contribution < 1.29 is 14.3 Å². The molecule has 0 aliphatic heterocycles. The average Bonchev–Trinajstić information content (AvgIpc) is 2.40. The van der Waals surface area contributed by atoms with Crippen LogP contribution in [0, 0.1) is 6.92 Å². The Balaban J connectivity index is 2.83.